The topological polar surface area (TPSA) is 9.23 Å². The van der Waals surface area contributed by atoms with E-state index in [1.807, 2.05) is 0 Å². The van der Waals surface area contributed by atoms with Gasteiger partial charge < -0.3 is 4.74 Å². The van der Waals surface area contributed by atoms with Crippen LogP contribution in [0.15, 0.2) is 0 Å². The van der Waals surface area contributed by atoms with Crippen LogP contribution in [0.3, 0.4) is 0 Å². The van der Waals surface area contributed by atoms with Crippen LogP contribution in [0.5, 0.6) is 0 Å². The highest BCUT2D eigenvalue weighted by atomic mass is 16.5. The molecule has 3 aliphatic rings. The van der Waals surface area contributed by atoms with Crippen LogP contribution in [0, 0.1) is 17.8 Å². The van der Waals surface area contributed by atoms with Gasteiger partial charge in [0, 0.05) is 13.2 Å². The van der Waals surface area contributed by atoms with Gasteiger partial charge in [-0.05, 0) is 30.6 Å². The third kappa shape index (κ3) is 11.2. The largest absolute Gasteiger partial charge is 0.381 e. The summed E-state index contributed by atoms with van der Waals surface area (Å²) in [5, 5.41) is 0. The van der Waals surface area contributed by atoms with Crippen molar-refractivity contribution in [3.8, 4) is 0 Å². The van der Waals surface area contributed by atoms with Gasteiger partial charge in [-0.1, -0.05) is 85.0 Å². The second-order valence-electron chi connectivity index (χ2n) is 7.78. The molecule has 0 aromatic carbocycles. The van der Waals surface area contributed by atoms with E-state index in [1.165, 1.54) is 77.0 Å². The van der Waals surface area contributed by atoms with Gasteiger partial charge in [0.15, 0.2) is 0 Å². The van der Waals surface area contributed by atoms with E-state index >= 15 is 0 Å². The highest BCUT2D eigenvalue weighted by molar-refractivity contribution is 4.60. The lowest BCUT2D eigenvalue weighted by Crippen LogP contribution is -2.12. The van der Waals surface area contributed by atoms with Gasteiger partial charge in [0.05, 0.1) is 0 Å². The molecule has 3 rings (SSSR count). The summed E-state index contributed by atoms with van der Waals surface area (Å²) in [5.41, 5.74) is 0. The molecule has 2 aliphatic carbocycles. The molecule has 1 saturated heterocycles. The van der Waals surface area contributed by atoms with E-state index < -0.39 is 0 Å². The van der Waals surface area contributed by atoms with E-state index in [0.717, 1.165) is 31.0 Å². The first-order chi connectivity index (χ1) is 10.2. The number of hydrogen-bond acceptors (Lipinski definition) is 1. The fourth-order valence-corrected chi connectivity index (χ4v) is 3.43. The Labute approximate surface area is 134 Å². The summed E-state index contributed by atoms with van der Waals surface area (Å²) in [6.07, 6.45) is 17.4. The molecule has 3 fully saturated rings. The smallest absolute Gasteiger partial charge is 0.0468 e. The Morgan fingerprint density at radius 3 is 1.00 bits per heavy atom. The average Bonchev–Trinajstić information content (AvgIpc) is 2.51. The minimum absolute atomic E-state index is 0.911. The van der Waals surface area contributed by atoms with Crippen LogP contribution in [-0.2, 0) is 4.74 Å². The molecule has 0 radical (unpaired) electrons. The second-order valence-corrected chi connectivity index (χ2v) is 7.78. The standard InChI is InChI=1S/2C7H14.C6H12O/c2*1-7-5-3-2-4-6-7;1-6-2-4-7-5-3-6/h2*7H,2-6H2,1H3;6H,2-5H2,1H3. The normalized spacial score (nSPS) is 25.3. The quantitative estimate of drug-likeness (QED) is 0.489. The Morgan fingerprint density at radius 2 is 0.810 bits per heavy atom. The van der Waals surface area contributed by atoms with Crippen molar-refractivity contribution in [1.82, 2.24) is 0 Å². The lowest BCUT2D eigenvalue weighted by molar-refractivity contribution is 0.0716. The molecule has 1 heteroatoms. The van der Waals surface area contributed by atoms with Crippen molar-refractivity contribution in [2.24, 2.45) is 17.8 Å². The molecule has 0 spiro atoms. The maximum atomic E-state index is 5.14. The fraction of sp³-hybridized carbons (Fsp3) is 1.00. The van der Waals surface area contributed by atoms with E-state index in [0.29, 0.717) is 0 Å². The lowest BCUT2D eigenvalue weighted by atomic mass is 9.91. The van der Waals surface area contributed by atoms with Gasteiger partial charge in [-0.25, -0.2) is 0 Å². The highest BCUT2D eigenvalue weighted by Gasteiger charge is 2.07. The summed E-state index contributed by atoms with van der Waals surface area (Å²) in [4.78, 5) is 0. The molecule has 1 heterocycles. The summed E-state index contributed by atoms with van der Waals surface area (Å²) in [5.74, 6) is 2.98. The number of ether oxygens (including phenoxy) is 1. The van der Waals surface area contributed by atoms with Crippen LogP contribution in [-0.4, -0.2) is 13.2 Å². The zero-order valence-electron chi connectivity index (χ0n) is 15.0. The van der Waals surface area contributed by atoms with Gasteiger partial charge in [-0.15, -0.1) is 0 Å². The van der Waals surface area contributed by atoms with Crippen LogP contribution in [0.2, 0.25) is 0 Å². The predicted octanol–water partition coefficient (Wildman–Crippen LogP) is 6.61. The van der Waals surface area contributed by atoms with Crippen molar-refractivity contribution in [3.05, 3.63) is 0 Å². The van der Waals surface area contributed by atoms with Crippen molar-refractivity contribution in [2.45, 2.75) is 97.8 Å². The molecule has 0 bridgehead atoms. The molecule has 0 unspecified atom stereocenters. The van der Waals surface area contributed by atoms with Crippen LogP contribution < -0.4 is 0 Å². The van der Waals surface area contributed by atoms with Gasteiger partial charge in [-0.3, -0.25) is 0 Å². The zero-order chi connectivity index (χ0) is 15.3. The van der Waals surface area contributed by atoms with Gasteiger partial charge in [-0.2, -0.15) is 0 Å². The van der Waals surface area contributed by atoms with E-state index in [2.05, 4.69) is 20.8 Å². The van der Waals surface area contributed by atoms with Crippen LogP contribution in [0.4, 0.5) is 0 Å². The van der Waals surface area contributed by atoms with E-state index in [-0.39, 0.29) is 0 Å². The molecule has 0 amide bonds. The van der Waals surface area contributed by atoms with Crippen LogP contribution in [0.25, 0.3) is 0 Å². The number of rotatable bonds is 0. The Hall–Kier alpha value is -0.0400. The molecule has 0 N–H and O–H groups in total. The average molecular weight is 297 g/mol. The molecule has 2 saturated carbocycles. The molecular weight excluding hydrogens is 256 g/mol. The molecule has 126 valence electrons. The third-order valence-corrected chi connectivity index (χ3v) is 5.30. The van der Waals surface area contributed by atoms with Crippen molar-refractivity contribution in [1.29, 1.82) is 0 Å². The Kier molecular flexibility index (Phi) is 11.3. The molecule has 0 atom stereocenters. The highest BCUT2D eigenvalue weighted by Crippen LogP contribution is 2.22. The lowest BCUT2D eigenvalue weighted by Gasteiger charge is -2.16. The Balaban J connectivity index is 0.000000157. The van der Waals surface area contributed by atoms with E-state index in [1.54, 1.807) is 0 Å². The maximum Gasteiger partial charge on any atom is 0.0468 e. The van der Waals surface area contributed by atoms with Gasteiger partial charge in [0.1, 0.15) is 0 Å². The summed E-state index contributed by atoms with van der Waals surface area (Å²) >= 11 is 0. The summed E-state index contributed by atoms with van der Waals surface area (Å²) in [6.45, 7) is 8.98. The van der Waals surface area contributed by atoms with Crippen LogP contribution >= 0.6 is 0 Å². The molecule has 0 aromatic heterocycles. The molecule has 21 heavy (non-hydrogen) atoms. The summed E-state index contributed by atoms with van der Waals surface area (Å²) < 4.78 is 5.14. The molecule has 1 aliphatic heterocycles. The Bertz CT molecular complexity index is 170. The zero-order valence-corrected chi connectivity index (χ0v) is 15.0. The predicted molar refractivity (Wildman–Crippen MR) is 93.7 cm³/mol. The summed E-state index contributed by atoms with van der Waals surface area (Å²) in [6, 6.07) is 0. The first-order valence-corrected chi connectivity index (χ1v) is 9.76. The Morgan fingerprint density at radius 1 is 0.476 bits per heavy atom. The van der Waals surface area contributed by atoms with Crippen molar-refractivity contribution in [3.63, 3.8) is 0 Å². The minimum Gasteiger partial charge on any atom is -0.381 e. The summed E-state index contributed by atoms with van der Waals surface area (Å²) in [7, 11) is 0. The van der Waals surface area contributed by atoms with Gasteiger partial charge in [0.2, 0.25) is 0 Å². The molecular formula is C20H40O. The van der Waals surface area contributed by atoms with Gasteiger partial charge >= 0.3 is 0 Å². The van der Waals surface area contributed by atoms with E-state index in [9.17, 15) is 0 Å². The third-order valence-electron chi connectivity index (χ3n) is 5.30. The first kappa shape index (κ1) is 19.0. The van der Waals surface area contributed by atoms with Crippen molar-refractivity contribution in [2.75, 3.05) is 13.2 Å². The molecule has 0 aromatic rings. The molecule has 1 nitrogen and oxygen atoms in total. The number of hydrogen-bond donors (Lipinski definition) is 0. The SMILES string of the molecule is CC1CCCCC1.CC1CCCCC1.CC1CCOCC1. The first-order valence-electron chi connectivity index (χ1n) is 9.76. The van der Waals surface area contributed by atoms with E-state index in [4.69, 9.17) is 4.74 Å². The maximum absolute atomic E-state index is 5.14. The second kappa shape index (κ2) is 12.5. The van der Waals surface area contributed by atoms with Crippen molar-refractivity contribution < 1.29 is 4.74 Å². The van der Waals surface area contributed by atoms with Gasteiger partial charge in [0.25, 0.3) is 0 Å². The minimum atomic E-state index is 0.911. The van der Waals surface area contributed by atoms with Crippen molar-refractivity contribution >= 4 is 0 Å². The fourth-order valence-electron chi connectivity index (χ4n) is 3.43. The van der Waals surface area contributed by atoms with Crippen LogP contribution in [0.1, 0.15) is 97.8 Å². The monoisotopic (exact) mass is 296 g/mol.